The number of aromatic nitrogens is 2. The minimum atomic E-state index is 0. The molecular formula is C19H18BrN3S2. The first kappa shape index (κ1) is 18.2. The molecule has 0 saturated heterocycles. The summed E-state index contributed by atoms with van der Waals surface area (Å²) < 4.78 is 2.14. The Balaban J connectivity index is 0.00000182. The van der Waals surface area contributed by atoms with Crippen molar-refractivity contribution in [2.24, 2.45) is 0 Å². The lowest BCUT2D eigenvalue weighted by atomic mass is 10.2. The van der Waals surface area contributed by atoms with E-state index in [9.17, 15) is 0 Å². The van der Waals surface area contributed by atoms with Gasteiger partial charge in [0.05, 0.1) is 11.4 Å². The Morgan fingerprint density at radius 2 is 1.80 bits per heavy atom. The predicted octanol–water partition coefficient (Wildman–Crippen LogP) is 1.72. The highest BCUT2D eigenvalue weighted by Gasteiger charge is 2.27. The molecule has 0 saturated carbocycles. The van der Waals surface area contributed by atoms with E-state index in [0.717, 1.165) is 33.6 Å². The minimum Gasteiger partial charge on any atom is -1.00 e. The third kappa shape index (κ3) is 3.38. The molecule has 2 aromatic carbocycles. The molecule has 0 aliphatic carbocycles. The Morgan fingerprint density at radius 3 is 2.56 bits per heavy atom. The zero-order valence-corrected chi connectivity index (χ0v) is 17.2. The summed E-state index contributed by atoms with van der Waals surface area (Å²) >= 11 is 6.38. The van der Waals surface area contributed by atoms with Crippen molar-refractivity contribution >= 4 is 35.8 Å². The summed E-state index contributed by atoms with van der Waals surface area (Å²) in [5.74, 6) is 0. The van der Waals surface area contributed by atoms with E-state index >= 15 is 0 Å². The molecule has 0 fully saturated rings. The van der Waals surface area contributed by atoms with E-state index in [2.05, 4.69) is 77.1 Å². The highest BCUT2D eigenvalue weighted by molar-refractivity contribution is 8.02. The van der Waals surface area contributed by atoms with Gasteiger partial charge in [-0.1, -0.05) is 48.7 Å². The highest BCUT2D eigenvalue weighted by Crippen LogP contribution is 2.38. The second-order valence-corrected chi connectivity index (χ2v) is 7.20. The van der Waals surface area contributed by atoms with Gasteiger partial charge in [0.15, 0.2) is 5.69 Å². The minimum absolute atomic E-state index is 0. The monoisotopic (exact) mass is 431 g/mol. The molecule has 1 aliphatic rings. The molecule has 6 heteroatoms. The number of nitrogens with one attached hydrogen (secondary N) is 2. The van der Waals surface area contributed by atoms with Gasteiger partial charge in [0, 0.05) is 17.2 Å². The molecule has 0 spiro atoms. The molecule has 0 unspecified atom stereocenters. The Labute approximate surface area is 167 Å². The molecule has 3 aromatic rings. The number of benzene rings is 2. The largest absolute Gasteiger partial charge is 1.00 e. The van der Waals surface area contributed by atoms with E-state index in [4.69, 9.17) is 0 Å². The number of thioether (sulfide) groups is 1. The predicted molar refractivity (Wildman–Crippen MR) is 103 cm³/mol. The Kier molecular flexibility index (Phi) is 5.32. The number of hydrogen-bond acceptors (Lipinski definition) is 3. The van der Waals surface area contributed by atoms with Gasteiger partial charge in [0.1, 0.15) is 11.4 Å². The van der Waals surface area contributed by atoms with Crippen LogP contribution in [0.1, 0.15) is 17.0 Å². The van der Waals surface area contributed by atoms with Crippen molar-refractivity contribution in [3.8, 4) is 5.69 Å². The van der Waals surface area contributed by atoms with Crippen molar-refractivity contribution < 1.29 is 21.5 Å². The molecule has 1 aliphatic heterocycles. The smallest absolute Gasteiger partial charge is 0.318 e. The Morgan fingerprint density at radius 1 is 1.04 bits per heavy atom. The van der Waals surface area contributed by atoms with Gasteiger partial charge in [-0.25, -0.2) is 4.98 Å². The number of thiol groups is 1. The van der Waals surface area contributed by atoms with Crippen LogP contribution in [-0.4, -0.2) is 4.98 Å². The Hall–Kier alpha value is -1.63. The summed E-state index contributed by atoms with van der Waals surface area (Å²) in [6.07, 6.45) is 0. The number of hydrogen-bond donors (Lipinski definition) is 3. The molecule has 0 amide bonds. The fourth-order valence-corrected chi connectivity index (χ4v) is 4.25. The van der Waals surface area contributed by atoms with E-state index in [1.807, 2.05) is 18.2 Å². The third-order valence-corrected chi connectivity index (χ3v) is 5.33. The molecule has 3 nitrogen and oxygen atoms in total. The summed E-state index contributed by atoms with van der Waals surface area (Å²) in [4.78, 5) is 4.60. The van der Waals surface area contributed by atoms with E-state index in [1.165, 1.54) is 10.5 Å². The number of nitrogens with zero attached hydrogens (tertiary/aromatic N) is 1. The van der Waals surface area contributed by atoms with Crippen molar-refractivity contribution in [1.82, 2.24) is 4.98 Å². The number of aromatic amines is 1. The average Bonchev–Trinajstić information content (AvgIpc) is 2.89. The lowest BCUT2D eigenvalue weighted by molar-refractivity contribution is -0.637. The van der Waals surface area contributed by atoms with E-state index < -0.39 is 0 Å². The van der Waals surface area contributed by atoms with Gasteiger partial charge < -0.3 is 22.3 Å². The SMILES string of the molecule is Cc1ccc2c(c1)SC=C(c1c(C)[nH]c(S)[n+]1-c1ccccc1)N2.[Br-]. The van der Waals surface area contributed by atoms with Gasteiger partial charge in [-0.2, -0.15) is 4.57 Å². The van der Waals surface area contributed by atoms with Crippen LogP contribution in [-0.2, 0) is 0 Å². The third-order valence-electron chi connectivity index (χ3n) is 4.07. The lowest BCUT2D eigenvalue weighted by Gasteiger charge is -2.18. The fourth-order valence-electron chi connectivity index (χ4n) is 2.95. The lowest BCUT2D eigenvalue weighted by Crippen LogP contribution is -3.00. The number of fused-ring (bicyclic) bond motifs is 1. The molecule has 0 atom stereocenters. The first-order valence-corrected chi connectivity index (χ1v) is 9.10. The number of aryl methyl sites for hydroxylation is 2. The van der Waals surface area contributed by atoms with Crippen LogP contribution >= 0.6 is 24.4 Å². The van der Waals surface area contributed by atoms with Crippen LogP contribution in [0.15, 0.2) is 64.0 Å². The number of para-hydroxylation sites is 1. The molecule has 128 valence electrons. The average molecular weight is 432 g/mol. The Bertz CT molecular complexity index is 949. The van der Waals surface area contributed by atoms with Gasteiger partial charge in [-0.3, -0.25) is 0 Å². The number of halogens is 1. The number of anilines is 1. The second kappa shape index (κ2) is 7.32. The summed E-state index contributed by atoms with van der Waals surface area (Å²) in [7, 11) is 0. The molecule has 2 heterocycles. The van der Waals surface area contributed by atoms with Gasteiger partial charge in [-0.05, 0) is 36.8 Å². The molecule has 4 rings (SSSR count). The van der Waals surface area contributed by atoms with Crippen molar-refractivity contribution in [2.75, 3.05) is 5.32 Å². The molecule has 25 heavy (non-hydrogen) atoms. The summed E-state index contributed by atoms with van der Waals surface area (Å²) in [6, 6.07) is 16.8. The zero-order valence-electron chi connectivity index (χ0n) is 13.9. The maximum Gasteiger partial charge on any atom is 0.318 e. The molecule has 1 aromatic heterocycles. The normalized spacial score (nSPS) is 12.7. The van der Waals surface area contributed by atoms with Crippen LogP contribution in [0.25, 0.3) is 11.4 Å². The number of imidazole rings is 1. The standard InChI is InChI=1S/C19H17N3S2.BrH/c1-12-8-9-15-17(10-12)24-11-16(21-15)18-13(2)20-19(23)22(18)14-6-4-3-5-7-14;/h3-11,21H,1-2H3,(H,20,23);1H. The highest BCUT2D eigenvalue weighted by atomic mass is 79.9. The summed E-state index contributed by atoms with van der Waals surface area (Å²) in [5.41, 5.74) is 6.76. The fraction of sp³-hybridized carbons (Fsp3) is 0.105. The van der Waals surface area contributed by atoms with Gasteiger partial charge in [0.25, 0.3) is 0 Å². The van der Waals surface area contributed by atoms with Gasteiger partial charge >= 0.3 is 5.16 Å². The first-order valence-electron chi connectivity index (χ1n) is 7.77. The first-order chi connectivity index (χ1) is 11.6. The maximum absolute atomic E-state index is 4.63. The van der Waals surface area contributed by atoms with Crippen LogP contribution in [0.3, 0.4) is 0 Å². The second-order valence-electron chi connectivity index (χ2n) is 5.87. The van der Waals surface area contributed by atoms with Crippen molar-refractivity contribution in [1.29, 1.82) is 0 Å². The zero-order chi connectivity index (χ0) is 16.7. The molecule has 2 N–H and O–H groups in total. The van der Waals surface area contributed by atoms with Crippen LogP contribution in [0.5, 0.6) is 0 Å². The molecule has 0 bridgehead atoms. The van der Waals surface area contributed by atoms with E-state index in [-0.39, 0.29) is 17.0 Å². The van der Waals surface area contributed by atoms with Crippen LogP contribution < -0.4 is 26.9 Å². The maximum atomic E-state index is 4.63. The van der Waals surface area contributed by atoms with Crippen LogP contribution in [0, 0.1) is 13.8 Å². The van der Waals surface area contributed by atoms with Crippen LogP contribution in [0.2, 0.25) is 0 Å². The van der Waals surface area contributed by atoms with Crippen molar-refractivity contribution in [3.63, 3.8) is 0 Å². The summed E-state index contributed by atoms with van der Waals surface area (Å²) in [5, 5.41) is 6.56. The number of H-pyrrole nitrogens is 1. The molecule has 0 radical (unpaired) electrons. The molecular weight excluding hydrogens is 414 g/mol. The topological polar surface area (TPSA) is 31.7 Å². The van der Waals surface area contributed by atoms with Crippen LogP contribution in [0.4, 0.5) is 5.69 Å². The van der Waals surface area contributed by atoms with E-state index in [0.29, 0.717) is 0 Å². The van der Waals surface area contributed by atoms with Gasteiger partial charge in [-0.15, -0.1) is 0 Å². The van der Waals surface area contributed by atoms with Crippen molar-refractivity contribution in [2.45, 2.75) is 23.9 Å². The van der Waals surface area contributed by atoms with Gasteiger partial charge in [0.2, 0.25) is 0 Å². The number of rotatable bonds is 2. The van der Waals surface area contributed by atoms with E-state index in [1.54, 1.807) is 11.8 Å². The van der Waals surface area contributed by atoms with Crippen molar-refractivity contribution in [3.05, 3.63) is 70.9 Å². The summed E-state index contributed by atoms with van der Waals surface area (Å²) in [6.45, 7) is 4.19. The quantitative estimate of drug-likeness (QED) is 0.426.